The Labute approximate surface area is 413 Å². The van der Waals surface area contributed by atoms with Gasteiger partial charge in [0.25, 0.3) is 0 Å². The summed E-state index contributed by atoms with van der Waals surface area (Å²) in [5.74, 6) is -1.02. The second kappa shape index (κ2) is 54.9. The zero-order valence-electron chi connectivity index (χ0n) is 43.6. The largest absolute Gasteiger partial charge is 0.462 e. The van der Waals surface area contributed by atoms with E-state index in [-0.39, 0.29) is 37.5 Å². The molecule has 0 N–H and O–H groups in total. The lowest BCUT2D eigenvalue weighted by Gasteiger charge is -2.18. The topological polar surface area (TPSA) is 78.9 Å². The fraction of sp³-hybridized carbons (Fsp3) is 0.689. The number of carbonyl (C=O) groups is 3. The maximum absolute atomic E-state index is 12.8. The Hall–Kier alpha value is -3.67. The Kier molecular flexibility index (Phi) is 51.9. The van der Waals surface area contributed by atoms with Crippen LogP contribution in [0.5, 0.6) is 0 Å². The molecule has 0 aromatic heterocycles. The third-order valence-corrected chi connectivity index (χ3v) is 11.6. The number of unbranched alkanes of at least 4 members (excludes halogenated alkanes) is 22. The molecule has 0 heterocycles. The minimum Gasteiger partial charge on any atom is -0.462 e. The SMILES string of the molecule is CC/C=C\C/C=C\C/C=C\C/C=C\C/C=C\C/C=C\CCC(=O)OCC(COC(=O)CCCCC/C=C\CCCCCCCC)OC(=O)CCCCCCCCC/C=C\CCCCCCCC. The first kappa shape index (κ1) is 63.3. The molecule has 1 atom stereocenters. The van der Waals surface area contributed by atoms with Crippen LogP contribution in [0.1, 0.15) is 252 Å². The zero-order chi connectivity index (χ0) is 48.6. The molecule has 6 heteroatoms. The molecule has 0 aromatic carbocycles. The van der Waals surface area contributed by atoms with E-state index >= 15 is 0 Å². The quantitative estimate of drug-likeness (QED) is 0.0262. The van der Waals surface area contributed by atoms with Crippen LogP contribution in [0.15, 0.2) is 97.2 Å². The summed E-state index contributed by atoms with van der Waals surface area (Å²) in [6.07, 6.45) is 72.6. The van der Waals surface area contributed by atoms with Gasteiger partial charge in [-0.1, -0.05) is 221 Å². The lowest BCUT2D eigenvalue weighted by molar-refractivity contribution is -0.166. The second-order valence-corrected chi connectivity index (χ2v) is 18.1. The van der Waals surface area contributed by atoms with Crippen molar-refractivity contribution >= 4 is 17.9 Å². The van der Waals surface area contributed by atoms with Crippen LogP contribution in [-0.2, 0) is 28.6 Å². The molecule has 67 heavy (non-hydrogen) atoms. The van der Waals surface area contributed by atoms with Gasteiger partial charge in [0.15, 0.2) is 6.10 Å². The molecule has 0 aromatic rings. The molecule has 0 saturated heterocycles. The van der Waals surface area contributed by atoms with Crippen molar-refractivity contribution in [2.45, 2.75) is 258 Å². The highest BCUT2D eigenvalue weighted by molar-refractivity contribution is 5.71. The Bertz CT molecular complexity index is 1350. The summed E-state index contributed by atoms with van der Waals surface area (Å²) >= 11 is 0. The molecule has 0 aliphatic rings. The number of hydrogen-bond donors (Lipinski definition) is 0. The minimum absolute atomic E-state index is 0.111. The van der Waals surface area contributed by atoms with Gasteiger partial charge < -0.3 is 14.2 Å². The predicted molar refractivity (Wildman–Crippen MR) is 288 cm³/mol. The van der Waals surface area contributed by atoms with Gasteiger partial charge in [0, 0.05) is 19.3 Å². The van der Waals surface area contributed by atoms with Crippen LogP contribution in [0.2, 0.25) is 0 Å². The third kappa shape index (κ3) is 53.2. The number of allylic oxidation sites excluding steroid dienone is 16. The van der Waals surface area contributed by atoms with E-state index in [1.54, 1.807) is 0 Å². The molecule has 0 aliphatic carbocycles. The smallest absolute Gasteiger partial charge is 0.306 e. The van der Waals surface area contributed by atoms with E-state index in [0.717, 1.165) is 89.9 Å². The summed E-state index contributed by atoms with van der Waals surface area (Å²) in [7, 11) is 0. The van der Waals surface area contributed by atoms with Crippen molar-refractivity contribution in [1.29, 1.82) is 0 Å². The highest BCUT2D eigenvalue weighted by Gasteiger charge is 2.19. The van der Waals surface area contributed by atoms with Crippen LogP contribution in [0.25, 0.3) is 0 Å². The van der Waals surface area contributed by atoms with E-state index in [4.69, 9.17) is 14.2 Å². The van der Waals surface area contributed by atoms with Crippen LogP contribution in [-0.4, -0.2) is 37.2 Å². The van der Waals surface area contributed by atoms with E-state index in [1.165, 1.54) is 116 Å². The van der Waals surface area contributed by atoms with Crippen LogP contribution < -0.4 is 0 Å². The highest BCUT2D eigenvalue weighted by atomic mass is 16.6. The fourth-order valence-corrected chi connectivity index (χ4v) is 7.40. The fourth-order valence-electron chi connectivity index (χ4n) is 7.40. The normalized spacial score (nSPS) is 12.8. The summed E-state index contributed by atoms with van der Waals surface area (Å²) in [6, 6.07) is 0. The first-order valence-corrected chi connectivity index (χ1v) is 27.7. The molecule has 0 bridgehead atoms. The van der Waals surface area contributed by atoms with Gasteiger partial charge in [-0.2, -0.15) is 0 Å². The highest BCUT2D eigenvalue weighted by Crippen LogP contribution is 2.14. The van der Waals surface area contributed by atoms with Crippen molar-refractivity contribution in [3.05, 3.63) is 97.2 Å². The summed E-state index contributed by atoms with van der Waals surface area (Å²) in [5, 5.41) is 0. The Balaban J connectivity index is 4.52. The average molecular weight is 931 g/mol. The summed E-state index contributed by atoms with van der Waals surface area (Å²) in [5.41, 5.74) is 0. The van der Waals surface area contributed by atoms with Gasteiger partial charge in [0.05, 0.1) is 0 Å². The Morgan fingerprint density at radius 3 is 1.01 bits per heavy atom. The lowest BCUT2D eigenvalue weighted by atomic mass is 10.1. The van der Waals surface area contributed by atoms with Crippen LogP contribution in [0.4, 0.5) is 0 Å². The molecule has 0 rings (SSSR count). The number of esters is 3. The molecule has 0 radical (unpaired) electrons. The van der Waals surface area contributed by atoms with Crippen LogP contribution >= 0.6 is 0 Å². The molecule has 0 saturated carbocycles. The van der Waals surface area contributed by atoms with Crippen molar-refractivity contribution in [3.8, 4) is 0 Å². The number of rotatable bonds is 49. The molecule has 0 spiro atoms. The first-order chi connectivity index (χ1) is 33.0. The van der Waals surface area contributed by atoms with E-state index in [2.05, 4.69) is 112 Å². The molecule has 6 nitrogen and oxygen atoms in total. The van der Waals surface area contributed by atoms with Gasteiger partial charge in [0.2, 0.25) is 0 Å². The molecule has 382 valence electrons. The first-order valence-electron chi connectivity index (χ1n) is 27.7. The summed E-state index contributed by atoms with van der Waals surface area (Å²) in [4.78, 5) is 38.0. The van der Waals surface area contributed by atoms with Crippen molar-refractivity contribution in [2.75, 3.05) is 13.2 Å². The summed E-state index contributed by atoms with van der Waals surface area (Å²) in [6.45, 7) is 6.43. The molecule has 0 amide bonds. The molecular weight excluding hydrogens is 829 g/mol. The minimum atomic E-state index is -0.817. The van der Waals surface area contributed by atoms with E-state index < -0.39 is 6.10 Å². The van der Waals surface area contributed by atoms with Crippen LogP contribution in [0, 0.1) is 0 Å². The van der Waals surface area contributed by atoms with Crippen molar-refractivity contribution < 1.29 is 28.6 Å². The second-order valence-electron chi connectivity index (χ2n) is 18.1. The predicted octanol–water partition coefficient (Wildman–Crippen LogP) is 18.5. The van der Waals surface area contributed by atoms with Crippen molar-refractivity contribution in [1.82, 2.24) is 0 Å². The van der Waals surface area contributed by atoms with Crippen molar-refractivity contribution in [3.63, 3.8) is 0 Å². The van der Waals surface area contributed by atoms with Gasteiger partial charge in [-0.15, -0.1) is 0 Å². The van der Waals surface area contributed by atoms with Gasteiger partial charge in [-0.25, -0.2) is 0 Å². The van der Waals surface area contributed by atoms with E-state index in [9.17, 15) is 14.4 Å². The summed E-state index contributed by atoms with van der Waals surface area (Å²) < 4.78 is 16.7. The number of ether oxygens (including phenoxy) is 3. The zero-order valence-corrected chi connectivity index (χ0v) is 43.6. The standard InChI is InChI=1S/C61H102O6/c1-4-7-10-13-16-19-22-25-27-29-30-32-33-36-39-42-45-48-51-54-60(63)66-57-58(56-65-59(62)53-50-47-44-41-38-35-24-21-18-15-12-9-6-3)67-61(64)55-52-49-46-43-40-37-34-31-28-26-23-20-17-14-11-8-5-2/h7,10,16,19,25-28,30,32,35-36,38-39,45,48,58H,4-6,8-9,11-15,17-18,20-24,29,31,33-34,37,40-44,46-47,49-57H2,1-3H3/b10-7-,19-16-,27-25-,28-26-,32-30-,38-35-,39-36-,48-45-. The van der Waals surface area contributed by atoms with Gasteiger partial charge in [0.1, 0.15) is 13.2 Å². The van der Waals surface area contributed by atoms with Gasteiger partial charge >= 0.3 is 17.9 Å². The van der Waals surface area contributed by atoms with Crippen molar-refractivity contribution in [2.24, 2.45) is 0 Å². The Morgan fingerprint density at radius 2 is 0.612 bits per heavy atom. The third-order valence-electron chi connectivity index (χ3n) is 11.6. The molecule has 0 aliphatic heterocycles. The number of carbonyl (C=O) groups excluding carboxylic acids is 3. The van der Waals surface area contributed by atoms with Crippen LogP contribution in [0.3, 0.4) is 0 Å². The monoisotopic (exact) mass is 931 g/mol. The van der Waals surface area contributed by atoms with E-state index in [1.807, 2.05) is 6.08 Å². The maximum Gasteiger partial charge on any atom is 0.306 e. The molecular formula is C61H102O6. The average Bonchev–Trinajstić information content (AvgIpc) is 3.33. The molecule has 0 fully saturated rings. The molecule has 1 unspecified atom stereocenters. The number of hydrogen-bond acceptors (Lipinski definition) is 6. The lowest BCUT2D eigenvalue weighted by Crippen LogP contribution is -2.30. The van der Waals surface area contributed by atoms with E-state index in [0.29, 0.717) is 19.3 Å². The Morgan fingerprint density at radius 1 is 0.313 bits per heavy atom. The maximum atomic E-state index is 12.8. The van der Waals surface area contributed by atoms with Gasteiger partial charge in [-0.3, -0.25) is 14.4 Å². The van der Waals surface area contributed by atoms with Gasteiger partial charge in [-0.05, 0) is 109 Å².